The van der Waals surface area contributed by atoms with Crippen LogP contribution in [0, 0.1) is 0 Å². The predicted molar refractivity (Wildman–Crippen MR) is 70.5 cm³/mol. The Morgan fingerprint density at radius 3 is 2.78 bits per heavy atom. The largest absolute Gasteiger partial charge is 0.464 e. The van der Waals surface area contributed by atoms with E-state index in [0.29, 0.717) is 6.61 Å². The van der Waals surface area contributed by atoms with Crippen LogP contribution in [-0.4, -0.2) is 54.6 Å². The van der Waals surface area contributed by atoms with Crippen LogP contribution in [-0.2, 0) is 16.1 Å². The van der Waals surface area contributed by atoms with Crippen molar-refractivity contribution < 1.29 is 9.53 Å². The standard InChI is InChI=1S/C13H18N2O2S/c16-13-12(3-8-17-13)15-6-4-14(5-7-15)10-11-2-1-9-18-11/h1-2,9,12H,3-8,10H2. The van der Waals surface area contributed by atoms with Gasteiger partial charge in [-0.05, 0) is 11.4 Å². The zero-order valence-electron chi connectivity index (χ0n) is 10.4. The molecule has 0 amide bonds. The van der Waals surface area contributed by atoms with Crippen molar-refractivity contribution in [1.82, 2.24) is 9.80 Å². The van der Waals surface area contributed by atoms with Crippen LogP contribution in [0.2, 0.25) is 0 Å². The number of ether oxygens (including phenoxy) is 1. The molecule has 18 heavy (non-hydrogen) atoms. The number of rotatable bonds is 3. The number of thiophene rings is 1. The molecule has 2 aliphatic heterocycles. The Kier molecular flexibility index (Phi) is 3.63. The molecule has 0 N–H and O–H groups in total. The van der Waals surface area contributed by atoms with E-state index < -0.39 is 0 Å². The van der Waals surface area contributed by atoms with Crippen LogP contribution < -0.4 is 0 Å². The van der Waals surface area contributed by atoms with Gasteiger partial charge >= 0.3 is 5.97 Å². The summed E-state index contributed by atoms with van der Waals surface area (Å²) in [5, 5.41) is 2.13. The molecule has 1 atom stereocenters. The van der Waals surface area contributed by atoms with Gasteiger partial charge in [0, 0.05) is 44.0 Å². The lowest BCUT2D eigenvalue weighted by Gasteiger charge is -2.36. The number of nitrogens with zero attached hydrogens (tertiary/aromatic N) is 2. The molecule has 1 aromatic rings. The first-order valence-corrected chi connectivity index (χ1v) is 7.36. The van der Waals surface area contributed by atoms with E-state index in [-0.39, 0.29) is 12.0 Å². The molecule has 5 heteroatoms. The molecule has 98 valence electrons. The van der Waals surface area contributed by atoms with E-state index in [1.54, 1.807) is 0 Å². The lowest BCUT2D eigenvalue weighted by Crippen LogP contribution is -2.51. The fourth-order valence-corrected chi connectivity index (χ4v) is 3.42. The molecule has 0 spiro atoms. The van der Waals surface area contributed by atoms with E-state index in [4.69, 9.17) is 4.74 Å². The van der Waals surface area contributed by atoms with Crippen molar-refractivity contribution in [3.05, 3.63) is 22.4 Å². The Morgan fingerprint density at radius 2 is 2.17 bits per heavy atom. The summed E-state index contributed by atoms with van der Waals surface area (Å²) in [6.07, 6.45) is 0.865. The van der Waals surface area contributed by atoms with Crippen molar-refractivity contribution in [3.8, 4) is 0 Å². The van der Waals surface area contributed by atoms with Crippen molar-refractivity contribution in [1.29, 1.82) is 0 Å². The van der Waals surface area contributed by atoms with Gasteiger partial charge in [-0.25, -0.2) is 0 Å². The van der Waals surface area contributed by atoms with Crippen LogP contribution in [0.5, 0.6) is 0 Å². The first-order valence-electron chi connectivity index (χ1n) is 6.48. The number of carbonyl (C=O) groups is 1. The Bertz CT molecular complexity index is 399. The van der Waals surface area contributed by atoms with Crippen LogP contribution in [0.25, 0.3) is 0 Å². The number of piperazine rings is 1. The second-order valence-corrected chi connectivity index (χ2v) is 5.90. The maximum atomic E-state index is 11.5. The van der Waals surface area contributed by atoms with E-state index in [2.05, 4.69) is 27.3 Å². The summed E-state index contributed by atoms with van der Waals surface area (Å²) in [6, 6.07) is 4.31. The summed E-state index contributed by atoms with van der Waals surface area (Å²) >= 11 is 1.81. The summed E-state index contributed by atoms with van der Waals surface area (Å²) in [5.41, 5.74) is 0. The molecule has 1 aromatic heterocycles. The van der Waals surface area contributed by atoms with Gasteiger partial charge in [-0.15, -0.1) is 11.3 Å². The van der Waals surface area contributed by atoms with Crippen molar-refractivity contribution in [2.75, 3.05) is 32.8 Å². The van der Waals surface area contributed by atoms with Crippen LogP contribution in [0.3, 0.4) is 0 Å². The molecule has 0 radical (unpaired) electrons. The maximum Gasteiger partial charge on any atom is 0.323 e. The van der Waals surface area contributed by atoms with Gasteiger partial charge in [-0.1, -0.05) is 6.07 Å². The van der Waals surface area contributed by atoms with Gasteiger partial charge < -0.3 is 4.74 Å². The SMILES string of the molecule is O=C1OCCC1N1CCN(Cc2cccs2)CC1. The van der Waals surface area contributed by atoms with Gasteiger partial charge in [0.25, 0.3) is 0 Å². The van der Waals surface area contributed by atoms with Gasteiger partial charge in [0.2, 0.25) is 0 Å². The lowest BCUT2D eigenvalue weighted by atomic mass is 10.2. The highest BCUT2D eigenvalue weighted by atomic mass is 32.1. The number of carbonyl (C=O) groups excluding carboxylic acids is 1. The minimum Gasteiger partial charge on any atom is -0.464 e. The summed E-state index contributed by atoms with van der Waals surface area (Å²) in [7, 11) is 0. The molecule has 2 saturated heterocycles. The van der Waals surface area contributed by atoms with Crippen LogP contribution in [0.1, 0.15) is 11.3 Å². The second kappa shape index (κ2) is 5.38. The average molecular weight is 266 g/mol. The molecule has 2 aliphatic rings. The molecule has 0 aromatic carbocycles. The molecule has 0 aliphatic carbocycles. The summed E-state index contributed by atoms with van der Waals surface area (Å²) in [4.78, 5) is 17.7. The Morgan fingerprint density at radius 1 is 1.33 bits per heavy atom. The Hall–Kier alpha value is -0.910. The van der Waals surface area contributed by atoms with Crippen molar-refractivity contribution in [2.45, 2.75) is 19.0 Å². The molecule has 0 saturated carbocycles. The van der Waals surface area contributed by atoms with Crippen LogP contribution in [0.4, 0.5) is 0 Å². The number of cyclic esters (lactones) is 1. The average Bonchev–Trinajstić information content (AvgIpc) is 3.02. The predicted octanol–water partition coefficient (Wildman–Crippen LogP) is 1.18. The molecular formula is C13H18N2O2S. The smallest absolute Gasteiger partial charge is 0.323 e. The first-order chi connectivity index (χ1) is 8.83. The van der Waals surface area contributed by atoms with Crippen LogP contribution in [0.15, 0.2) is 17.5 Å². The molecule has 3 heterocycles. The fourth-order valence-electron chi connectivity index (χ4n) is 2.67. The lowest BCUT2D eigenvalue weighted by molar-refractivity contribution is -0.142. The van der Waals surface area contributed by atoms with Crippen molar-refractivity contribution in [3.63, 3.8) is 0 Å². The third-order valence-corrected chi connectivity index (χ3v) is 4.58. The minimum atomic E-state index is -0.0262. The van der Waals surface area contributed by atoms with E-state index in [9.17, 15) is 4.79 Å². The monoisotopic (exact) mass is 266 g/mol. The highest BCUT2D eigenvalue weighted by Crippen LogP contribution is 2.18. The quantitative estimate of drug-likeness (QED) is 0.769. The molecule has 0 bridgehead atoms. The minimum absolute atomic E-state index is 0.0221. The van der Waals surface area contributed by atoms with Gasteiger partial charge in [-0.2, -0.15) is 0 Å². The van der Waals surface area contributed by atoms with E-state index in [1.165, 1.54) is 4.88 Å². The highest BCUT2D eigenvalue weighted by Gasteiger charge is 2.33. The zero-order valence-corrected chi connectivity index (χ0v) is 11.2. The Labute approximate surface area is 111 Å². The van der Waals surface area contributed by atoms with E-state index in [0.717, 1.165) is 39.1 Å². The summed E-state index contributed by atoms with van der Waals surface area (Å²) < 4.78 is 5.04. The van der Waals surface area contributed by atoms with Gasteiger partial charge in [0.15, 0.2) is 0 Å². The fraction of sp³-hybridized carbons (Fsp3) is 0.615. The zero-order chi connectivity index (χ0) is 12.4. The molecule has 1 unspecified atom stereocenters. The van der Waals surface area contributed by atoms with E-state index >= 15 is 0 Å². The second-order valence-electron chi connectivity index (χ2n) is 4.86. The van der Waals surface area contributed by atoms with Gasteiger partial charge in [0.05, 0.1) is 6.61 Å². The highest BCUT2D eigenvalue weighted by molar-refractivity contribution is 7.09. The summed E-state index contributed by atoms with van der Waals surface area (Å²) in [5.74, 6) is -0.0262. The Balaban J connectivity index is 1.50. The summed E-state index contributed by atoms with van der Waals surface area (Å²) in [6.45, 7) is 5.68. The van der Waals surface area contributed by atoms with Crippen molar-refractivity contribution >= 4 is 17.3 Å². The van der Waals surface area contributed by atoms with E-state index in [1.807, 2.05) is 11.3 Å². The molecule has 2 fully saturated rings. The maximum absolute atomic E-state index is 11.5. The topological polar surface area (TPSA) is 32.8 Å². The normalized spacial score (nSPS) is 26.4. The van der Waals surface area contributed by atoms with Crippen LogP contribution >= 0.6 is 11.3 Å². The first kappa shape index (κ1) is 12.1. The van der Waals surface area contributed by atoms with Gasteiger partial charge in [0.1, 0.15) is 6.04 Å². The third-order valence-electron chi connectivity index (χ3n) is 3.71. The van der Waals surface area contributed by atoms with Crippen molar-refractivity contribution in [2.24, 2.45) is 0 Å². The molecule has 3 rings (SSSR count). The number of hydrogen-bond acceptors (Lipinski definition) is 5. The third kappa shape index (κ3) is 2.58. The molecular weight excluding hydrogens is 248 g/mol. The van der Waals surface area contributed by atoms with Gasteiger partial charge in [-0.3, -0.25) is 14.6 Å². The molecule has 4 nitrogen and oxygen atoms in total. The number of esters is 1. The number of hydrogen-bond donors (Lipinski definition) is 0.